The number of anilines is 3. The van der Waals surface area contributed by atoms with E-state index in [0.29, 0.717) is 36.8 Å². The van der Waals surface area contributed by atoms with E-state index in [0.717, 1.165) is 59.6 Å². The number of nitrogens with one attached hydrogen (secondary N) is 4. The molecule has 0 radical (unpaired) electrons. The second kappa shape index (κ2) is 11.8. The first-order valence-electron chi connectivity index (χ1n) is 14.1. The highest BCUT2D eigenvalue weighted by Gasteiger charge is 2.21. The molecule has 1 aromatic carbocycles. The predicted molar refractivity (Wildman–Crippen MR) is 151 cm³/mol. The summed E-state index contributed by atoms with van der Waals surface area (Å²) >= 11 is 0. The van der Waals surface area contributed by atoms with Gasteiger partial charge < -0.3 is 25.8 Å². The third kappa shape index (κ3) is 5.76. The van der Waals surface area contributed by atoms with E-state index in [1.54, 1.807) is 6.33 Å². The molecule has 9 heteroatoms. The van der Waals surface area contributed by atoms with Crippen LogP contribution in [0.15, 0.2) is 24.5 Å². The van der Waals surface area contributed by atoms with Gasteiger partial charge >= 0.3 is 0 Å². The van der Waals surface area contributed by atoms with Crippen LogP contribution in [0.1, 0.15) is 79.8 Å². The molecule has 1 saturated heterocycles. The van der Waals surface area contributed by atoms with Crippen molar-refractivity contribution in [2.45, 2.75) is 77.7 Å². The molecule has 0 spiro atoms. The van der Waals surface area contributed by atoms with E-state index in [9.17, 15) is 9.59 Å². The van der Waals surface area contributed by atoms with Crippen LogP contribution in [0.2, 0.25) is 0 Å². The van der Waals surface area contributed by atoms with Crippen LogP contribution in [-0.2, 0) is 11.2 Å². The van der Waals surface area contributed by atoms with Crippen molar-refractivity contribution in [1.29, 1.82) is 0 Å². The van der Waals surface area contributed by atoms with Crippen LogP contribution in [0, 0.1) is 6.92 Å². The van der Waals surface area contributed by atoms with E-state index in [1.807, 2.05) is 30.0 Å². The summed E-state index contributed by atoms with van der Waals surface area (Å²) in [6.07, 6.45) is 11.1. The van der Waals surface area contributed by atoms with E-state index < -0.39 is 0 Å². The van der Waals surface area contributed by atoms with Crippen LogP contribution in [-0.4, -0.2) is 57.3 Å². The molecule has 2 fully saturated rings. The highest BCUT2D eigenvalue weighted by Crippen LogP contribution is 2.34. The number of rotatable bonds is 10. The Morgan fingerprint density at radius 3 is 2.76 bits per heavy atom. The fourth-order valence-corrected chi connectivity index (χ4v) is 5.64. The minimum Gasteiger partial charge on any atom is -0.380 e. The minimum absolute atomic E-state index is 0.100. The van der Waals surface area contributed by atoms with Gasteiger partial charge in [-0.05, 0) is 62.8 Å². The van der Waals surface area contributed by atoms with Crippen LogP contribution >= 0.6 is 0 Å². The summed E-state index contributed by atoms with van der Waals surface area (Å²) < 4.78 is 0. The van der Waals surface area contributed by atoms with Gasteiger partial charge in [-0.1, -0.05) is 26.2 Å². The Morgan fingerprint density at radius 1 is 1.18 bits per heavy atom. The number of benzene rings is 1. The van der Waals surface area contributed by atoms with Gasteiger partial charge in [0, 0.05) is 48.9 Å². The fourth-order valence-electron chi connectivity index (χ4n) is 5.64. The van der Waals surface area contributed by atoms with Crippen LogP contribution < -0.4 is 16.0 Å². The number of nitrogens with zero attached hydrogens (tertiary/aromatic N) is 3. The van der Waals surface area contributed by atoms with Crippen LogP contribution in [0.25, 0.3) is 11.2 Å². The molecule has 5 rings (SSSR count). The molecular weight excluding hydrogens is 478 g/mol. The number of pyridine rings is 1. The van der Waals surface area contributed by atoms with Gasteiger partial charge in [0.2, 0.25) is 5.91 Å². The minimum atomic E-state index is -0.100. The maximum absolute atomic E-state index is 12.7. The topological polar surface area (TPSA) is 115 Å². The van der Waals surface area contributed by atoms with Gasteiger partial charge in [-0.15, -0.1) is 0 Å². The maximum atomic E-state index is 12.7. The number of hydrogen-bond donors (Lipinski definition) is 4. The first kappa shape index (κ1) is 26.0. The molecular formula is C29H39N7O2. The Balaban J connectivity index is 1.28. The molecule has 3 aromatic rings. The largest absolute Gasteiger partial charge is 0.380 e. The lowest BCUT2D eigenvalue weighted by Crippen LogP contribution is -2.30. The number of amides is 2. The standard InChI is InChI=1S/C29H39N7O2/c1-3-22-25(33-21-9-5-4-6-10-21)26-28(32-18-31-26)35-27(22)34-23-13-12-20(17-19(23)2)29(38)30-14-8-16-36-15-7-11-24(36)37/h12-13,17-18,21H,3-11,14-16H2,1-2H3,(H,30,38)(H3,31,32,33,34,35). The average Bonchev–Trinajstić information content (AvgIpc) is 3.57. The van der Waals surface area contributed by atoms with Crippen LogP contribution in [0.3, 0.4) is 0 Å². The van der Waals surface area contributed by atoms with Crippen LogP contribution in [0.5, 0.6) is 0 Å². The third-order valence-corrected chi connectivity index (χ3v) is 7.79. The van der Waals surface area contributed by atoms with Gasteiger partial charge in [0.1, 0.15) is 11.3 Å². The number of carbonyl (C=O) groups excluding carboxylic acids is 2. The Labute approximate surface area is 224 Å². The van der Waals surface area contributed by atoms with Crippen molar-refractivity contribution >= 4 is 40.2 Å². The van der Waals surface area contributed by atoms with Crippen LogP contribution in [0.4, 0.5) is 17.2 Å². The number of carbonyl (C=O) groups is 2. The van der Waals surface area contributed by atoms with E-state index in [1.165, 1.54) is 32.1 Å². The van der Waals surface area contributed by atoms with Gasteiger partial charge in [0.15, 0.2) is 5.65 Å². The van der Waals surface area contributed by atoms with Gasteiger partial charge in [0.25, 0.3) is 5.91 Å². The van der Waals surface area contributed by atoms with E-state index in [-0.39, 0.29) is 11.8 Å². The number of H-pyrrole nitrogens is 1. The number of likely N-dealkylation sites (tertiary alicyclic amines) is 1. The molecule has 9 nitrogen and oxygen atoms in total. The third-order valence-electron chi connectivity index (χ3n) is 7.79. The molecule has 2 aliphatic rings. The smallest absolute Gasteiger partial charge is 0.251 e. The summed E-state index contributed by atoms with van der Waals surface area (Å²) in [6.45, 7) is 6.23. The monoisotopic (exact) mass is 517 g/mol. The number of hydrogen-bond acceptors (Lipinski definition) is 6. The summed E-state index contributed by atoms with van der Waals surface area (Å²) in [4.78, 5) is 38.9. The zero-order valence-corrected chi connectivity index (χ0v) is 22.5. The van der Waals surface area contributed by atoms with E-state index >= 15 is 0 Å². The lowest BCUT2D eigenvalue weighted by atomic mass is 9.95. The number of aryl methyl sites for hydroxylation is 1. The molecule has 1 aliphatic heterocycles. The Bertz CT molecular complexity index is 1300. The van der Waals surface area contributed by atoms with Crippen molar-refractivity contribution in [3.8, 4) is 0 Å². The van der Waals surface area contributed by atoms with Gasteiger partial charge in [-0.2, -0.15) is 0 Å². The van der Waals surface area contributed by atoms with Crippen molar-refractivity contribution in [3.63, 3.8) is 0 Å². The van der Waals surface area contributed by atoms with Gasteiger partial charge in [0.05, 0.1) is 12.0 Å². The molecule has 2 amide bonds. The number of aromatic amines is 1. The summed E-state index contributed by atoms with van der Waals surface area (Å²) in [5.41, 5.74) is 6.36. The molecule has 3 heterocycles. The molecule has 0 unspecified atom stereocenters. The number of aromatic nitrogens is 3. The average molecular weight is 518 g/mol. The van der Waals surface area contributed by atoms with E-state index in [4.69, 9.17) is 4.98 Å². The summed E-state index contributed by atoms with van der Waals surface area (Å²) in [6, 6.07) is 6.15. The molecule has 1 saturated carbocycles. The molecule has 38 heavy (non-hydrogen) atoms. The van der Waals surface area contributed by atoms with Crippen molar-refractivity contribution in [2.75, 3.05) is 30.3 Å². The highest BCUT2D eigenvalue weighted by atomic mass is 16.2. The SMILES string of the molecule is CCc1c(Nc2ccc(C(=O)NCCCN3CCCC3=O)cc2C)nc2nc[nH]c2c1NC1CCCCC1. The number of fused-ring (bicyclic) bond motifs is 1. The summed E-state index contributed by atoms with van der Waals surface area (Å²) in [7, 11) is 0. The highest BCUT2D eigenvalue weighted by molar-refractivity contribution is 5.95. The lowest BCUT2D eigenvalue weighted by Gasteiger charge is -2.26. The van der Waals surface area contributed by atoms with Gasteiger partial charge in [-0.25, -0.2) is 9.97 Å². The molecule has 1 aliphatic carbocycles. The molecule has 4 N–H and O–H groups in total. The summed E-state index contributed by atoms with van der Waals surface area (Å²) in [5, 5.41) is 10.3. The first-order chi connectivity index (χ1) is 18.5. The predicted octanol–water partition coefficient (Wildman–Crippen LogP) is 5.06. The Kier molecular flexibility index (Phi) is 8.10. The Hall–Kier alpha value is -3.62. The number of imidazole rings is 1. The van der Waals surface area contributed by atoms with Crippen molar-refractivity contribution in [2.24, 2.45) is 0 Å². The van der Waals surface area contributed by atoms with Gasteiger partial charge in [-0.3, -0.25) is 9.59 Å². The van der Waals surface area contributed by atoms with Crippen molar-refractivity contribution in [3.05, 3.63) is 41.2 Å². The van der Waals surface area contributed by atoms with E-state index in [2.05, 4.69) is 32.8 Å². The second-order valence-corrected chi connectivity index (χ2v) is 10.5. The zero-order valence-electron chi connectivity index (χ0n) is 22.5. The summed E-state index contributed by atoms with van der Waals surface area (Å²) in [5.74, 6) is 0.915. The lowest BCUT2D eigenvalue weighted by molar-refractivity contribution is -0.127. The zero-order chi connectivity index (χ0) is 26.5. The second-order valence-electron chi connectivity index (χ2n) is 10.5. The fraction of sp³-hybridized carbons (Fsp3) is 0.517. The molecule has 0 atom stereocenters. The Morgan fingerprint density at radius 2 is 2.03 bits per heavy atom. The van der Waals surface area contributed by atoms with Crippen molar-refractivity contribution in [1.82, 2.24) is 25.2 Å². The normalized spacial score (nSPS) is 16.3. The molecule has 2 aromatic heterocycles. The van der Waals surface area contributed by atoms with Crippen molar-refractivity contribution < 1.29 is 9.59 Å². The molecule has 0 bridgehead atoms. The molecule has 202 valence electrons. The maximum Gasteiger partial charge on any atom is 0.251 e. The quantitative estimate of drug-likeness (QED) is 0.280. The first-order valence-corrected chi connectivity index (χ1v) is 14.1.